The Bertz CT molecular complexity index is 423. The molecule has 0 heterocycles. The number of halogens is 1. The third-order valence-corrected chi connectivity index (χ3v) is 3.80. The number of carbonyl (C=O) groups is 1. The second-order valence-corrected chi connectivity index (χ2v) is 5.33. The number of nitrogens with two attached hydrogens (primary N) is 1. The molecule has 1 atom stereocenters. The van der Waals surface area contributed by atoms with Gasteiger partial charge in [0.25, 0.3) is 0 Å². The molecule has 1 unspecified atom stereocenters. The lowest BCUT2D eigenvalue weighted by Gasteiger charge is -2.21. The van der Waals surface area contributed by atoms with Crippen molar-refractivity contribution in [1.29, 1.82) is 0 Å². The summed E-state index contributed by atoms with van der Waals surface area (Å²) in [6.07, 6.45) is 0. The zero-order chi connectivity index (χ0) is 13.7. The highest BCUT2D eigenvalue weighted by atomic mass is 79.9. The molecule has 0 spiro atoms. The Kier molecular flexibility index (Phi) is 5.62. The molecule has 0 radical (unpaired) electrons. The SMILES string of the molecule is CNC(=O)C(C)CN(C)Cc1cccc(N)c1Br. The van der Waals surface area contributed by atoms with E-state index in [1.807, 2.05) is 32.2 Å². The number of rotatable bonds is 5. The number of nitrogens with one attached hydrogen (secondary N) is 1. The van der Waals surface area contributed by atoms with Crippen molar-refractivity contribution >= 4 is 27.5 Å². The van der Waals surface area contributed by atoms with Crippen molar-refractivity contribution in [3.8, 4) is 0 Å². The van der Waals surface area contributed by atoms with E-state index in [1.165, 1.54) is 0 Å². The van der Waals surface area contributed by atoms with E-state index in [4.69, 9.17) is 5.73 Å². The third-order valence-electron chi connectivity index (χ3n) is 2.83. The van der Waals surface area contributed by atoms with Gasteiger partial charge in [0.2, 0.25) is 5.91 Å². The number of carbonyl (C=O) groups excluding carboxylic acids is 1. The van der Waals surface area contributed by atoms with Crippen molar-refractivity contribution < 1.29 is 4.79 Å². The Morgan fingerprint density at radius 3 is 2.83 bits per heavy atom. The van der Waals surface area contributed by atoms with Gasteiger partial charge >= 0.3 is 0 Å². The minimum absolute atomic E-state index is 0.0279. The standard InChI is InChI=1S/C13H20BrN3O/c1-9(13(18)16-2)7-17(3)8-10-5-4-6-11(15)12(10)14/h4-6,9H,7-8,15H2,1-3H3,(H,16,18). The lowest BCUT2D eigenvalue weighted by molar-refractivity contribution is -0.124. The molecular weight excluding hydrogens is 294 g/mol. The van der Waals surface area contributed by atoms with Gasteiger partial charge in [-0.1, -0.05) is 19.1 Å². The summed E-state index contributed by atoms with van der Waals surface area (Å²) in [5.74, 6) is 0.0355. The highest BCUT2D eigenvalue weighted by Gasteiger charge is 2.14. The molecule has 0 bridgehead atoms. The fourth-order valence-corrected chi connectivity index (χ4v) is 2.26. The average molecular weight is 314 g/mol. The van der Waals surface area contributed by atoms with E-state index in [0.717, 1.165) is 22.3 Å². The van der Waals surface area contributed by atoms with Crippen LogP contribution in [0.3, 0.4) is 0 Å². The minimum Gasteiger partial charge on any atom is -0.398 e. The smallest absolute Gasteiger partial charge is 0.223 e. The van der Waals surface area contributed by atoms with E-state index in [0.29, 0.717) is 6.54 Å². The first-order valence-electron chi connectivity index (χ1n) is 5.88. The average Bonchev–Trinajstić information content (AvgIpc) is 2.33. The van der Waals surface area contributed by atoms with Crippen LogP contribution in [-0.2, 0) is 11.3 Å². The molecule has 1 aromatic rings. The molecule has 0 aliphatic carbocycles. The molecule has 3 N–H and O–H groups in total. The minimum atomic E-state index is -0.0279. The fraction of sp³-hybridized carbons (Fsp3) is 0.462. The number of nitrogens with zero attached hydrogens (tertiary/aromatic N) is 1. The number of amides is 1. The molecule has 0 saturated heterocycles. The van der Waals surface area contributed by atoms with Gasteiger partial charge in [-0.2, -0.15) is 0 Å². The topological polar surface area (TPSA) is 58.4 Å². The van der Waals surface area contributed by atoms with Gasteiger partial charge in [-0.25, -0.2) is 0 Å². The van der Waals surface area contributed by atoms with Crippen LogP contribution in [0.15, 0.2) is 22.7 Å². The van der Waals surface area contributed by atoms with Crippen LogP contribution in [0.5, 0.6) is 0 Å². The van der Waals surface area contributed by atoms with Crippen molar-refractivity contribution in [2.75, 3.05) is 26.4 Å². The maximum atomic E-state index is 11.5. The molecule has 0 aliphatic heterocycles. The fourth-order valence-electron chi connectivity index (χ4n) is 1.87. The monoisotopic (exact) mass is 313 g/mol. The van der Waals surface area contributed by atoms with Crippen molar-refractivity contribution in [2.24, 2.45) is 5.92 Å². The van der Waals surface area contributed by atoms with Crippen LogP contribution in [0.1, 0.15) is 12.5 Å². The molecule has 0 fully saturated rings. The van der Waals surface area contributed by atoms with Crippen molar-refractivity contribution in [1.82, 2.24) is 10.2 Å². The molecule has 1 amide bonds. The van der Waals surface area contributed by atoms with Crippen LogP contribution in [0, 0.1) is 5.92 Å². The second-order valence-electron chi connectivity index (χ2n) is 4.53. The lowest BCUT2D eigenvalue weighted by Crippen LogP contribution is -2.34. The molecule has 100 valence electrons. The predicted octanol–water partition coefficient (Wildman–Crippen LogP) is 1.85. The van der Waals surface area contributed by atoms with Crippen LogP contribution in [0.2, 0.25) is 0 Å². The van der Waals surface area contributed by atoms with Crippen molar-refractivity contribution in [3.63, 3.8) is 0 Å². The summed E-state index contributed by atoms with van der Waals surface area (Å²) >= 11 is 3.49. The molecule has 18 heavy (non-hydrogen) atoms. The van der Waals surface area contributed by atoms with Crippen LogP contribution < -0.4 is 11.1 Å². The van der Waals surface area contributed by atoms with Gasteiger partial charge in [0.15, 0.2) is 0 Å². The number of nitrogen functional groups attached to an aromatic ring is 1. The van der Waals surface area contributed by atoms with E-state index in [-0.39, 0.29) is 11.8 Å². The van der Waals surface area contributed by atoms with Gasteiger partial charge < -0.3 is 16.0 Å². The van der Waals surface area contributed by atoms with Gasteiger partial charge in [-0.3, -0.25) is 4.79 Å². The first-order valence-corrected chi connectivity index (χ1v) is 6.68. The Labute approximate surface area is 117 Å². The summed E-state index contributed by atoms with van der Waals surface area (Å²) in [4.78, 5) is 13.6. The number of hydrogen-bond donors (Lipinski definition) is 2. The normalized spacial score (nSPS) is 12.5. The van der Waals surface area contributed by atoms with Gasteiger partial charge in [0, 0.05) is 36.2 Å². The molecule has 0 saturated carbocycles. The van der Waals surface area contributed by atoms with Gasteiger partial charge in [0.1, 0.15) is 0 Å². The van der Waals surface area contributed by atoms with Crippen LogP contribution in [0.4, 0.5) is 5.69 Å². The van der Waals surface area contributed by atoms with Gasteiger partial charge in [-0.15, -0.1) is 0 Å². The maximum Gasteiger partial charge on any atom is 0.223 e. The van der Waals surface area contributed by atoms with Crippen LogP contribution in [0.25, 0.3) is 0 Å². The highest BCUT2D eigenvalue weighted by Crippen LogP contribution is 2.24. The summed E-state index contributed by atoms with van der Waals surface area (Å²) in [5.41, 5.74) is 7.70. The molecule has 1 aromatic carbocycles. The number of anilines is 1. The number of hydrogen-bond acceptors (Lipinski definition) is 3. The highest BCUT2D eigenvalue weighted by molar-refractivity contribution is 9.10. The lowest BCUT2D eigenvalue weighted by atomic mass is 10.1. The molecule has 4 nitrogen and oxygen atoms in total. The first-order chi connectivity index (χ1) is 8.45. The molecule has 0 aromatic heterocycles. The Hall–Kier alpha value is -1.07. The van der Waals surface area contributed by atoms with Crippen molar-refractivity contribution in [2.45, 2.75) is 13.5 Å². The zero-order valence-electron chi connectivity index (χ0n) is 11.0. The van der Waals surface area contributed by atoms with E-state index >= 15 is 0 Å². The van der Waals surface area contributed by atoms with Crippen LogP contribution in [-0.4, -0.2) is 31.4 Å². The second kappa shape index (κ2) is 6.75. The van der Waals surface area contributed by atoms with Gasteiger partial charge in [-0.05, 0) is 34.6 Å². The molecule has 1 rings (SSSR count). The quantitative estimate of drug-likeness (QED) is 0.816. The largest absolute Gasteiger partial charge is 0.398 e. The van der Waals surface area contributed by atoms with Crippen molar-refractivity contribution in [3.05, 3.63) is 28.2 Å². The van der Waals surface area contributed by atoms with E-state index in [9.17, 15) is 4.79 Å². The Morgan fingerprint density at radius 1 is 1.56 bits per heavy atom. The third kappa shape index (κ3) is 3.99. The summed E-state index contributed by atoms with van der Waals surface area (Å²) in [6.45, 7) is 3.39. The van der Waals surface area contributed by atoms with E-state index in [2.05, 4.69) is 26.1 Å². The molecular formula is C13H20BrN3O. The van der Waals surface area contributed by atoms with E-state index < -0.39 is 0 Å². The summed E-state index contributed by atoms with van der Waals surface area (Å²) in [5, 5.41) is 2.66. The Morgan fingerprint density at radius 2 is 2.22 bits per heavy atom. The Balaban J connectivity index is 2.62. The van der Waals surface area contributed by atoms with Gasteiger partial charge in [0.05, 0.1) is 0 Å². The first kappa shape index (κ1) is 15.0. The van der Waals surface area contributed by atoms with E-state index in [1.54, 1.807) is 7.05 Å². The number of benzene rings is 1. The zero-order valence-corrected chi connectivity index (χ0v) is 12.6. The van der Waals surface area contributed by atoms with Crippen LogP contribution >= 0.6 is 15.9 Å². The summed E-state index contributed by atoms with van der Waals surface area (Å²) < 4.78 is 0.935. The predicted molar refractivity (Wildman–Crippen MR) is 78.1 cm³/mol. The summed E-state index contributed by atoms with van der Waals surface area (Å²) in [6, 6.07) is 5.83. The molecule has 5 heteroatoms. The summed E-state index contributed by atoms with van der Waals surface area (Å²) in [7, 11) is 3.66. The molecule has 0 aliphatic rings. The maximum absolute atomic E-state index is 11.5.